The van der Waals surface area contributed by atoms with E-state index in [0.717, 1.165) is 86.5 Å². The van der Waals surface area contributed by atoms with Gasteiger partial charge in [0.2, 0.25) is 10.0 Å². The normalized spacial score (nSPS) is 12.8. The Morgan fingerprint density at radius 2 is 1.32 bits per heavy atom. The van der Waals surface area contributed by atoms with Crippen LogP contribution < -0.4 is 10.5 Å². The van der Waals surface area contributed by atoms with Gasteiger partial charge in [-0.3, -0.25) is 24.2 Å². The van der Waals surface area contributed by atoms with Gasteiger partial charge in [0.15, 0.2) is 0 Å². The van der Waals surface area contributed by atoms with Crippen molar-refractivity contribution in [3.63, 3.8) is 0 Å². The number of pyridine rings is 2. The van der Waals surface area contributed by atoms with E-state index < -0.39 is 18.1 Å². The van der Waals surface area contributed by atoms with Crippen LogP contribution in [0.2, 0.25) is 35.7 Å². The number of hydrogen-bond acceptors (Lipinski definition) is 8. The summed E-state index contributed by atoms with van der Waals surface area (Å²) in [6.45, 7) is 8.17. The molecule has 3 aromatic heterocycles. The van der Waals surface area contributed by atoms with Gasteiger partial charge >= 0.3 is 0 Å². The fourth-order valence-corrected chi connectivity index (χ4v) is 8.55. The van der Waals surface area contributed by atoms with Crippen LogP contribution in [0.1, 0.15) is 23.1 Å². The second kappa shape index (κ2) is 19.4. The maximum Gasteiger partial charge on any atom is 0.229 e. The minimum atomic E-state index is -3.45. The largest absolute Gasteiger partial charge is 0.398 e. The lowest BCUT2D eigenvalue weighted by Gasteiger charge is -2.18. The van der Waals surface area contributed by atoms with Crippen LogP contribution in [0.5, 0.6) is 0 Å². The van der Waals surface area contributed by atoms with Crippen LogP contribution in [0, 0.1) is 0 Å². The maximum atomic E-state index is 11.7. The Morgan fingerprint density at radius 3 is 1.94 bits per heavy atom. The molecule has 0 saturated heterocycles. The van der Waals surface area contributed by atoms with Gasteiger partial charge in [-0.05, 0) is 71.3 Å². The average molecular weight is 901 g/mol. The highest BCUT2D eigenvalue weighted by molar-refractivity contribution is 7.92. The first-order valence-electron chi connectivity index (χ1n) is 20.0. The molecule has 0 spiro atoms. The van der Waals surface area contributed by atoms with Gasteiger partial charge < -0.3 is 10.5 Å². The summed E-state index contributed by atoms with van der Waals surface area (Å²) in [6, 6.07) is 40.1. The molecule has 4 aromatic carbocycles. The molecule has 0 fully saturated rings. The van der Waals surface area contributed by atoms with Gasteiger partial charge in [0.1, 0.15) is 12.6 Å². The number of benzene rings is 4. The molecule has 10 nitrogen and oxygen atoms in total. The third-order valence-corrected chi connectivity index (χ3v) is 13.0. The Hall–Kier alpha value is -5.89. The molecule has 62 heavy (non-hydrogen) atoms. The highest BCUT2D eigenvalue weighted by atomic mass is 35.5. The molecule has 316 valence electrons. The van der Waals surface area contributed by atoms with Gasteiger partial charge in [-0.15, -0.1) is 0 Å². The second-order valence-corrected chi connectivity index (χ2v) is 24.2. The number of nitrogens with two attached hydrogens (primary N) is 1. The number of rotatable bonds is 13. The number of hydrogen-bond donors (Lipinski definition) is 2. The summed E-state index contributed by atoms with van der Waals surface area (Å²) in [4.78, 5) is 18.3. The number of imidazole rings is 1. The van der Waals surface area contributed by atoms with E-state index in [1.54, 1.807) is 36.9 Å². The van der Waals surface area contributed by atoms with Crippen molar-refractivity contribution in [2.45, 2.75) is 38.8 Å². The molecular formula is C48H47Cl2N7O3SSi. The first kappa shape index (κ1) is 44.2. The van der Waals surface area contributed by atoms with E-state index in [4.69, 9.17) is 43.6 Å². The van der Waals surface area contributed by atoms with Crippen LogP contribution >= 0.6 is 23.2 Å². The average Bonchev–Trinajstić information content (AvgIpc) is 3.88. The van der Waals surface area contributed by atoms with Gasteiger partial charge in [0.05, 0.1) is 50.5 Å². The van der Waals surface area contributed by atoms with Gasteiger partial charge in [-0.2, -0.15) is 0 Å². The number of aromatic nitrogens is 4. The van der Waals surface area contributed by atoms with Crippen molar-refractivity contribution in [2.24, 2.45) is 4.99 Å². The molecule has 8 rings (SSSR count). The third-order valence-electron chi connectivity index (χ3n) is 9.99. The van der Waals surface area contributed by atoms with E-state index >= 15 is 0 Å². The Balaban J connectivity index is 0.000000188. The highest BCUT2D eigenvalue weighted by Crippen LogP contribution is 2.40. The van der Waals surface area contributed by atoms with Crippen molar-refractivity contribution in [3.05, 3.63) is 173 Å². The predicted octanol–water partition coefficient (Wildman–Crippen LogP) is 11.7. The Bertz CT molecular complexity index is 2840. The molecule has 0 radical (unpaired) electrons. The summed E-state index contributed by atoms with van der Waals surface area (Å²) >= 11 is 12.4. The number of halogens is 2. The summed E-state index contributed by atoms with van der Waals surface area (Å²) in [5.41, 5.74) is 17.5. The van der Waals surface area contributed by atoms with E-state index in [2.05, 4.69) is 51.0 Å². The minimum absolute atomic E-state index is 0.340. The lowest BCUT2D eigenvalue weighted by atomic mass is 9.96. The van der Waals surface area contributed by atoms with Crippen LogP contribution in [0.25, 0.3) is 45.2 Å². The highest BCUT2D eigenvalue weighted by Gasteiger charge is 2.24. The maximum absolute atomic E-state index is 11.7. The number of anilines is 2. The fourth-order valence-electron chi connectivity index (χ4n) is 6.88. The van der Waals surface area contributed by atoms with Crippen molar-refractivity contribution < 1.29 is 13.2 Å². The zero-order chi connectivity index (χ0) is 43.9. The van der Waals surface area contributed by atoms with Crippen LogP contribution in [0.15, 0.2) is 151 Å². The van der Waals surface area contributed by atoms with E-state index in [1.165, 1.54) is 0 Å². The SMILES string of the molecule is CS(=O)(=O)Nc1cc(C2=C(c3ccncc3)N=C(c3ccccc3)C2)ccc1Cl.C[Si](C)(C)CCOCn1c(-c2ccccc2)nc(-c2ccncc2)c1-c1ccc(Cl)c(N)c1. The fraction of sp³-hybridized carbons (Fsp3) is 0.167. The molecular weight excluding hydrogens is 854 g/mol. The number of sulfonamides is 1. The molecule has 7 aromatic rings. The first-order chi connectivity index (χ1) is 29.7. The standard InChI is InChI=1S/C26H29ClN4OSi.C22H18ClN3O2S/c1-33(2,3)16-15-32-18-31-25(21-9-10-22(27)23(28)17-21)24(19-11-13-29-14-12-19)30-26(31)20-7-5-4-6-8-20;1-29(27,28)26-21-13-17(7-8-19(21)23)18-14-20(15-5-3-2-4-6-15)25-22(18)16-9-11-24-12-10-16/h4-14,17H,15-16,18,28H2,1-3H3;2-13,26H,14H2,1H3. The summed E-state index contributed by atoms with van der Waals surface area (Å²) in [5.74, 6) is 0.846. The van der Waals surface area contributed by atoms with Crippen molar-refractivity contribution in [1.82, 2.24) is 19.5 Å². The van der Waals surface area contributed by atoms with Gasteiger partial charge in [-0.1, -0.05) is 116 Å². The summed E-state index contributed by atoms with van der Waals surface area (Å²) in [7, 11) is -4.65. The van der Waals surface area contributed by atoms with Gasteiger partial charge in [-0.25, -0.2) is 13.4 Å². The molecule has 0 bridgehead atoms. The number of allylic oxidation sites excluding steroid dienone is 1. The van der Waals surface area contributed by atoms with E-state index in [1.807, 2.05) is 97.1 Å². The Labute approximate surface area is 374 Å². The zero-order valence-electron chi connectivity index (χ0n) is 34.9. The number of nitrogens with zero attached hydrogens (tertiary/aromatic N) is 5. The molecule has 3 N–H and O–H groups in total. The van der Waals surface area contributed by atoms with Gasteiger partial charge in [0, 0.05) is 68.1 Å². The van der Waals surface area contributed by atoms with Crippen LogP contribution in [-0.4, -0.2) is 54.6 Å². The lowest BCUT2D eigenvalue weighted by molar-refractivity contribution is 0.0893. The van der Waals surface area contributed by atoms with E-state index in [-0.39, 0.29) is 0 Å². The van der Waals surface area contributed by atoms with Crippen LogP contribution in [-0.2, 0) is 21.5 Å². The zero-order valence-corrected chi connectivity index (χ0v) is 38.2. The molecule has 4 heterocycles. The van der Waals surface area contributed by atoms with Crippen molar-refractivity contribution in [1.29, 1.82) is 0 Å². The number of nitrogens with one attached hydrogen (secondary N) is 1. The quantitative estimate of drug-likeness (QED) is 0.0668. The smallest absolute Gasteiger partial charge is 0.229 e. The Morgan fingerprint density at radius 1 is 0.726 bits per heavy atom. The summed E-state index contributed by atoms with van der Waals surface area (Å²) in [6.07, 6.45) is 8.75. The molecule has 1 aliphatic heterocycles. The molecule has 0 atom stereocenters. The van der Waals surface area contributed by atoms with Crippen LogP contribution in [0.3, 0.4) is 0 Å². The monoisotopic (exact) mass is 899 g/mol. The minimum Gasteiger partial charge on any atom is -0.398 e. The van der Waals surface area contributed by atoms with Crippen molar-refractivity contribution in [2.75, 3.05) is 23.3 Å². The topological polar surface area (TPSA) is 137 Å². The molecule has 0 aliphatic carbocycles. The molecule has 14 heteroatoms. The molecule has 0 amide bonds. The summed E-state index contributed by atoms with van der Waals surface area (Å²) < 4.78 is 34.2. The summed E-state index contributed by atoms with van der Waals surface area (Å²) in [5, 5.41) is 0.873. The predicted molar refractivity (Wildman–Crippen MR) is 258 cm³/mol. The molecule has 0 saturated carbocycles. The Kier molecular flexibility index (Phi) is 13.8. The lowest BCUT2D eigenvalue weighted by Crippen LogP contribution is -2.22. The second-order valence-electron chi connectivity index (χ2n) is 16.0. The first-order valence-corrected chi connectivity index (χ1v) is 26.3. The van der Waals surface area contributed by atoms with Crippen LogP contribution in [0.4, 0.5) is 11.4 Å². The van der Waals surface area contributed by atoms with E-state index in [0.29, 0.717) is 34.6 Å². The number of ether oxygens (including phenoxy) is 1. The number of nitrogen functional groups attached to an aromatic ring is 1. The van der Waals surface area contributed by atoms with Crippen molar-refractivity contribution in [3.8, 4) is 33.9 Å². The van der Waals surface area contributed by atoms with E-state index in [9.17, 15) is 8.42 Å². The van der Waals surface area contributed by atoms with Gasteiger partial charge in [0.25, 0.3) is 0 Å². The van der Waals surface area contributed by atoms with Crippen molar-refractivity contribution >= 4 is 69.7 Å². The molecule has 1 aliphatic rings. The third kappa shape index (κ3) is 11.1. The molecule has 0 unspecified atom stereocenters. The number of aliphatic imine (C=N–C) groups is 1.